The zero-order chi connectivity index (χ0) is 2.71. The van der Waals surface area contributed by atoms with E-state index in [0.717, 1.165) is 0 Å². The predicted octanol–water partition coefficient (Wildman–Crippen LogP) is -0.999. The lowest BCUT2D eigenvalue weighted by Crippen LogP contribution is -1.03. The fourth-order valence-electron chi connectivity index (χ4n) is 0. The van der Waals surface area contributed by atoms with Gasteiger partial charge in [0.1, 0.15) is 0 Å². The summed E-state index contributed by atoms with van der Waals surface area (Å²) in [6.45, 7) is 0. The van der Waals surface area contributed by atoms with Gasteiger partial charge in [-0.3, -0.25) is 0 Å². The molecule has 0 aliphatic carbocycles. The van der Waals surface area contributed by atoms with Crippen molar-refractivity contribution in [3.8, 4) is 0 Å². The lowest BCUT2D eigenvalue weighted by Gasteiger charge is -1.24. The van der Waals surface area contributed by atoms with E-state index in [-0.39, 0.29) is 8.41 Å². The van der Waals surface area contributed by atoms with Crippen LogP contribution in [0.25, 0.3) is 0 Å². The first-order chi connectivity index (χ1) is 1.41. The molecule has 0 bridgehead atoms. The molecule has 0 heterocycles. The molecule has 0 aromatic rings. The normalized spacial score (nSPS) is 5.25. The van der Waals surface area contributed by atoms with Crippen LogP contribution in [0.4, 0.5) is 0 Å². The molecule has 1 N–H and O–H groups in total. The van der Waals surface area contributed by atoms with Crippen LogP contribution in [0.5, 0.6) is 0 Å². The highest BCUT2D eigenvalue weighted by Crippen LogP contribution is 1.66. The van der Waals surface area contributed by atoms with Crippen molar-refractivity contribution in [2.75, 3.05) is 0 Å². The topological polar surface area (TPSA) is 37.3 Å². The highest BCUT2D eigenvalue weighted by Gasteiger charge is 1.28. The highest BCUT2D eigenvalue weighted by atomic mass is 31.1. The number of hydrogen-bond donors (Lipinski definition) is 1. The van der Waals surface area contributed by atoms with Gasteiger partial charge in [0.25, 0.3) is 0 Å². The van der Waals surface area contributed by atoms with Crippen molar-refractivity contribution in [3.63, 3.8) is 0 Å². The standard InChI is InChI=1S/BH3.HO2P/c;1-3-2/h1H3;(H,1,2). The maximum Gasteiger partial charge on any atom is 0.324 e. The molecular weight excluding hydrogens is 73.8 g/mol. The van der Waals surface area contributed by atoms with Gasteiger partial charge in [-0.2, -0.15) is 0 Å². The van der Waals surface area contributed by atoms with Gasteiger partial charge in [0.2, 0.25) is 0 Å². The molecule has 0 aromatic heterocycles. The lowest BCUT2D eigenvalue weighted by atomic mass is 10.8. The van der Waals surface area contributed by atoms with Crippen LogP contribution >= 0.6 is 8.69 Å². The van der Waals surface area contributed by atoms with E-state index in [9.17, 15) is 0 Å². The minimum atomic E-state index is -0.833. The van der Waals surface area contributed by atoms with E-state index < -0.39 is 8.69 Å². The fourth-order valence-corrected chi connectivity index (χ4v) is 0. The van der Waals surface area contributed by atoms with E-state index in [4.69, 9.17) is 9.46 Å². The molecule has 4 heavy (non-hydrogen) atoms. The Labute approximate surface area is 27.7 Å². The van der Waals surface area contributed by atoms with Crippen molar-refractivity contribution in [3.05, 3.63) is 0 Å². The van der Waals surface area contributed by atoms with Crippen LogP contribution in [0.15, 0.2) is 0 Å². The third-order valence-electron chi connectivity index (χ3n) is 0. The molecule has 0 unspecified atom stereocenters. The minimum Gasteiger partial charge on any atom is -0.310 e. The van der Waals surface area contributed by atoms with Gasteiger partial charge in [-0.15, -0.1) is 0 Å². The molecule has 0 saturated carbocycles. The molecule has 0 amide bonds. The number of hydrogen-bond acceptors (Lipinski definition) is 1. The van der Waals surface area contributed by atoms with Crippen molar-refractivity contribution in [2.24, 2.45) is 0 Å². The molecule has 2 nitrogen and oxygen atoms in total. The van der Waals surface area contributed by atoms with E-state index in [2.05, 4.69) is 0 Å². The molecule has 0 aliphatic heterocycles. The molecule has 24 valence electrons. The molecule has 0 saturated heterocycles. The van der Waals surface area contributed by atoms with Gasteiger partial charge < -0.3 is 4.89 Å². The minimum absolute atomic E-state index is 0. The monoisotopic (exact) mass is 78.0 g/mol. The first kappa shape index (κ1) is 8.92. The second-order valence-electron chi connectivity index (χ2n) is 0.0816. The third kappa shape index (κ3) is 172. The van der Waals surface area contributed by atoms with Gasteiger partial charge in [-0.25, -0.2) is 4.57 Å². The van der Waals surface area contributed by atoms with Crippen LogP contribution in [-0.4, -0.2) is 13.3 Å². The second kappa shape index (κ2) is 11.2. The Balaban J connectivity index is 0. The zero-order valence-electron chi connectivity index (χ0n) is 1.30. The van der Waals surface area contributed by atoms with Crippen LogP contribution in [0, 0.1) is 0 Å². The molecule has 0 spiro atoms. The Morgan fingerprint density at radius 3 is 1.75 bits per heavy atom. The average Bonchev–Trinajstić information content (AvgIpc) is 0.918. The molecule has 0 aromatic carbocycles. The molecule has 4 heteroatoms. The van der Waals surface area contributed by atoms with Crippen LogP contribution in [0.1, 0.15) is 0 Å². The summed E-state index contributed by atoms with van der Waals surface area (Å²) in [5, 5.41) is 0. The molecular formula is H4BO2P. The smallest absolute Gasteiger partial charge is 0.310 e. The summed E-state index contributed by atoms with van der Waals surface area (Å²) in [6.07, 6.45) is 0. The Morgan fingerprint density at radius 2 is 1.75 bits per heavy atom. The third-order valence-corrected chi connectivity index (χ3v) is 0. The SMILES string of the molecule is B.O=PO. The molecule has 0 atom stereocenters. The Bertz CT molecular complexity index is 13.5. The van der Waals surface area contributed by atoms with E-state index in [1.54, 1.807) is 0 Å². The maximum atomic E-state index is 8.46. The highest BCUT2D eigenvalue weighted by molar-refractivity contribution is 7.16. The van der Waals surface area contributed by atoms with Gasteiger partial charge in [0, 0.05) is 0 Å². The summed E-state index contributed by atoms with van der Waals surface area (Å²) in [4.78, 5) is 6.99. The average molecular weight is 77.8 g/mol. The van der Waals surface area contributed by atoms with Crippen LogP contribution < -0.4 is 0 Å². The Hall–Kier alpha value is 0.125. The summed E-state index contributed by atoms with van der Waals surface area (Å²) in [5.41, 5.74) is 0. The van der Waals surface area contributed by atoms with Crippen molar-refractivity contribution in [2.45, 2.75) is 0 Å². The summed E-state index contributed by atoms with van der Waals surface area (Å²) >= 11 is 0. The van der Waals surface area contributed by atoms with Crippen LogP contribution in [0.3, 0.4) is 0 Å². The van der Waals surface area contributed by atoms with Gasteiger partial charge >= 0.3 is 8.69 Å². The summed E-state index contributed by atoms with van der Waals surface area (Å²) in [6, 6.07) is 0. The Morgan fingerprint density at radius 1 is 1.75 bits per heavy atom. The van der Waals surface area contributed by atoms with Gasteiger partial charge in [0.05, 0.1) is 8.41 Å². The van der Waals surface area contributed by atoms with Crippen molar-refractivity contribution < 1.29 is 9.46 Å². The van der Waals surface area contributed by atoms with Gasteiger partial charge in [-0.1, -0.05) is 0 Å². The van der Waals surface area contributed by atoms with Crippen molar-refractivity contribution >= 4 is 17.1 Å². The molecule has 0 rings (SSSR count). The van der Waals surface area contributed by atoms with Crippen molar-refractivity contribution in [1.29, 1.82) is 0 Å². The van der Waals surface area contributed by atoms with Gasteiger partial charge in [-0.05, 0) is 0 Å². The fraction of sp³-hybridized carbons (Fsp3) is 0. The van der Waals surface area contributed by atoms with E-state index in [1.807, 2.05) is 0 Å². The Kier molecular flexibility index (Phi) is 24.9. The summed E-state index contributed by atoms with van der Waals surface area (Å²) in [7, 11) is -0.833. The zero-order valence-corrected chi connectivity index (χ0v) is 2.20. The quantitative estimate of drug-likeness (QED) is 0.298. The van der Waals surface area contributed by atoms with Crippen molar-refractivity contribution in [1.82, 2.24) is 0 Å². The predicted molar refractivity (Wildman–Crippen MR) is 19.8 cm³/mol. The largest absolute Gasteiger partial charge is 0.324 e. The first-order valence-corrected chi connectivity index (χ1v) is 1.15. The van der Waals surface area contributed by atoms with E-state index in [0.29, 0.717) is 0 Å². The van der Waals surface area contributed by atoms with Crippen LogP contribution in [-0.2, 0) is 4.57 Å². The molecule has 0 fully saturated rings. The summed E-state index contributed by atoms with van der Waals surface area (Å²) in [5.74, 6) is 0. The molecule has 0 radical (unpaired) electrons. The second-order valence-corrected chi connectivity index (χ2v) is 0.245. The maximum absolute atomic E-state index is 8.46. The summed E-state index contributed by atoms with van der Waals surface area (Å²) < 4.78 is 8.46. The van der Waals surface area contributed by atoms with Gasteiger partial charge in [0.15, 0.2) is 0 Å². The first-order valence-electron chi connectivity index (χ1n) is 0.383. The number of rotatable bonds is 0. The lowest BCUT2D eigenvalue weighted by molar-refractivity contribution is 0.524. The molecule has 0 aliphatic rings. The van der Waals surface area contributed by atoms with E-state index >= 15 is 0 Å². The van der Waals surface area contributed by atoms with E-state index in [1.165, 1.54) is 0 Å². The van der Waals surface area contributed by atoms with Crippen LogP contribution in [0.2, 0.25) is 0 Å².